The average molecular weight is 287 g/mol. The van der Waals surface area contributed by atoms with Crippen molar-refractivity contribution in [3.63, 3.8) is 0 Å². The summed E-state index contributed by atoms with van der Waals surface area (Å²) in [5.74, 6) is -0.964. The van der Waals surface area contributed by atoms with Gasteiger partial charge in [-0.05, 0) is 38.5 Å². The molecule has 0 bridgehead atoms. The van der Waals surface area contributed by atoms with E-state index >= 15 is 0 Å². The molecule has 0 fully saturated rings. The van der Waals surface area contributed by atoms with Crippen molar-refractivity contribution in [1.29, 1.82) is 0 Å². The summed E-state index contributed by atoms with van der Waals surface area (Å²) in [7, 11) is -0.189. The van der Waals surface area contributed by atoms with Crippen molar-refractivity contribution in [2.45, 2.75) is 31.6 Å². The SMILES string of the molecule is COC(=O)[C@H](N[S@@](=O)C(C)(C)C)c1ccc(F)cc1. The highest BCUT2D eigenvalue weighted by Gasteiger charge is 2.28. The fraction of sp³-hybridized carbons (Fsp3) is 0.462. The van der Waals surface area contributed by atoms with Crippen LogP contribution in [0.15, 0.2) is 24.3 Å². The minimum atomic E-state index is -1.44. The molecule has 1 rings (SSSR count). The van der Waals surface area contributed by atoms with Crippen LogP contribution in [0.3, 0.4) is 0 Å². The molecule has 19 heavy (non-hydrogen) atoms. The maximum atomic E-state index is 12.9. The van der Waals surface area contributed by atoms with Crippen molar-refractivity contribution in [3.8, 4) is 0 Å². The van der Waals surface area contributed by atoms with Crippen LogP contribution in [0.2, 0.25) is 0 Å². The molecule has 1 aromatic rings. The van der Waals surface area contributed by atoms with Gasteiger partial charge in [0.1, 0.15) is 11.9 Å². The Morgan fingerprint density at radius 2 is 1.84 bits per heavy atom. The summed E-state index contributed by atoms with van der Waals surface area (Å²) in [6, 6.07) is 4.53. The third kappa shape index (κ3) is 4.40. The Morgan fingerprint density at radius 1 is 1.32 bits per heavy atom. The minimum absolute atomic E-state index is 0.399. The highest BCUT2D eigenvalue weighted by Crippen LogP contribution is 2.19. The first-order valence-corrected chi connectivity index (χ1v) is 6.92. The summed E-state index contributed by atoms with van der Waals surface area (Å²) < 4.78 is 31.8. The van der Waals surface area contributed by atoms with Crippen LogP contribution in [0.5, 0.6) is 0 Å². The molecule has 0 saturated heterocycles. The fourth-order valence-corrected chi connectivity index (χ4v) is 2.11. The standard InChI is InChI=1S/C13H18FNO3S/c1-13(2,3)19(17)15-11(12(16)18-4)9-5-7-10(14)8-6-9/h5-8,11,15H,1-4H3/t11-,19+/m1/s1. The lowest BCUT2D eigenvalue weighted by molar-refractivity contribution is -0.142. The molecule has 0 unspecified atom stereocenters. The van der Waals surface area contributed by atoms with E-state index in [0.29, 0.717) is 5.56 Å². The molecule has 0 aliphatic heterocycles. The van der Waals surface area contributed by atoms with Crippen LogP contribution in [0.1, 0.15) is 32.4 Å². The fourth-order valence-electron chi connectivity index (χ4n) is 1.31. The van der Waals surface area contributed by atoms with Gasteiger partial charge in [0.2, 0.25) is 0 Å². The van der Waals surface area contributed by atoms with Crippen molar-refractivity contribution in [3.05, 3.63) is 35.6 Å². The van der Waals surface area contributed by atoms with Gasteiger partial charge in [-0.2, -0.15) is 0 Å². The van der Waals surface area contributed by atoms with E-state index in [2.05, 4.69) is 9.46 Å². The predicted molar refractivity (Wildman–Crippen MR) is 72.2 cm³/mol. The van der Waals surface area contributed by atoms with E-state index in [1.54, 1.807) is 20.8 Å². The van der Waals surface area contributed by atoms with E-state index < -0.39 is 33.6 Å². The Morgan fingerprint density at radius 3 is 2.26 bits per heavy atom. The van der Waals surface area contributed by atoms with Crippen LogP contribution < -0.4 is 4.72 Å². The molecule has 106 valence electrons. The number of halogens is 1. The molecule has 0 amide bonds. The molecule has 0 aliphatic carbocycles. The summed E-state index contributed by atoms with van der Waals surface area (Å²) in [6.07, 6.45) is 0. The number of carbonyl (C=O) groups excluding carboxylic acids is 1. The smallest absolute Gasteiger partial charge is 0.328 e. The van der Waals surface area contributed by atoms with Gasteiger partial charge >= 0.3 is 5.97 Å². The number of hydrogen-bond acceptors (Lipinski definition) is 3. The van der Waals surface area contributed by atoms with Gasteiger partial charge in [0.05, 0.1) is 22.8 Å². The van der Waals surface area contributed by atoms with Gasteiger partial charge in [-0.3, -0.25) is 0 Å². The maximum Gasteiger partial charge on any atom is 0.328 e. The zero-order chi connectivity index (χ0) is 14.6. The van der Waals surface area contributed by atoms with E-state index in [9.17, 15) is 13.4 Å². The monoisotopic (exact) mass is 287 g/mol. The second-order valence-corrected chi connectivity index (χ2v) is 7.00. The summed E-state index contributed by atoms with van der Waals surface area (Å²) in [6.45, 7) is 5.36. The lowest BCUT2D eigenvalue weighted by Gasteiger charge is -2.23. The highest BCUT2D eigenvalue weighted by molar-refractivity contribution is 7.84. The largest absolute Gasteiger partial charge is 0.468 e. The van der Waals surface area contributed by atoms with Crippen LogP contribution in [0, 0.1) is 5.82 Å². The molecule has 6 heteroatoms. The Bertz CT molecular complexity index is 468. The number of esters is 1. The molecular formula is C13H18FNO3S. The Labute approximate surface area is 114 Å². The molecule has 0 saturated carbocycles. The highest BCUT2D eigenvalue weighted by atomic mass is 32.2. The average Bonchev–Trinajstić information content (AvgIpc) is 2.35. The third-order valence-corrected chi connectivity index (χ3v) is 3.98. The topological polar surface area (TPSA) is 55.4 Å². The predicted octanol–water partition coefficient (Wildman–Crippen LogP) is 2.09. The molecular weight excluding hydrogens is 269 g/mol. The van der Waals surface area contributed by atoms with Gasteiger partial charge in [0.25, 0.3) is 0 Å². The summed E-state index contributed by atoms with van der Waals surface area (Å²) >= 11 is 0. The number of carbonyl (C=O) groups is 1. The lowest BCUT2D eigenvalue weighted by Crippen LogP contribution is -2.39. The van der Waals surface area contributed by atoms with E-state index in [1.807, 2.05) is 0 Å². The molecule has 0 radical (unpaired) electrons. The van der Waals surface area contributed by atoms with Gasteiger partial charge in [0, 0.05) is 0 Å². The molecule has 0 aromatic heterocycles. The molecule has 1 N–H and O–H groups in total. The van der Waals surface area contributed by atoms with Crippen molar-refractivity contribution < 1.29 is 18.1 Å². The van der Waals surface area contributed by atoms with Crippen molar-refractivity contribution in [2.75, 3.05) is 7.11 Å². The summed E-state index contributed by atoms with van der Waals surface area (Å²) in [4.78, 5) is 11.7. The van der Waals surface area contributed by atoms with Crippen LogP contribution in [-0.4, -0.2) is 22.0 Å². The zero-order valence-electron chi connectivity index (χ0n) is 11.4. The first-order valence-electron chi connectivity index (χ1n) is 5.77. The first kappa shape index (κ1) is 15.8. The second-order valence-electron chi connectivity index (χ2n) is 5.01. The van der Waals surface area contributed by atoms with Crippen LogP contribution >= 0.6 is 0 Å². The van der Waals surface area contributed by atoms with E-state index in [0.717, 1.165) is 0 Å². The van der Waals surface area contributed by atoms with E-state index in [1.165, 1.54) is 31.4 Å². The van der Waals surface area contributed by atoms with Crippen molar-refractivity contribution in [1.82, 2.24) is 4.72 Å². The van der Waals surface area contributed by atoms with Gasteiger partial charge in [0.15, 0.2) is 0 Å². The number of nitrogens with one attached hydrogen (secondary N) is 1. The van der Waals surface area contributed by atoms with Crippen LogP contribution in [0.25, 0.3) is 0 Å². The normalized spacial score (nSPS) is 14.8. The van der Waals surface area contributed by atoms with Crippen molar-refractivity contribution >= 4 is 17.0 Å². The third-order valence-electron chi connectivity index (χ3n) is 2.42. The van der Waals surface area contributed by atoms with Crippen LogP contribution in [0.4, 0.5) is 4.39 Å². The van der Waals surface area contributed by atoms with E-state index in [4.69, 9.17) is 0 Å². The number of benzene rings is 1. The number of hydrogen-bond donors (Lipinski definition) is 1. The maximum absolute atomic E-state index is 12.9. The summed E-state index contributed by atoms with van der Waals surface area (Å²) in [5, 5.41) is 0. The Kier molecular flexibility index (Phi) is 5.20. The van der Waals surface area contributed by atoms with E-state index in [-0.39, 0.29) is 0 Å². The zero-order valence-corrected chi connectivity index (χ0v) is 12.2. The molecule has 1 aromatic carbocycles. The quantitative estimate of drug-likeness (QED) is 0.863. The minimum Gasteiger partial charge on any atom is -0.468 e. The Hall–Kier alpha value is -1.27. The lowest BCUT2D eigenvalue weighted by atomic mass is 10.1. The molecule has 0 spiro atoms. The molecule has 4 nitrogen and oxygen atoms in total. The summed E-state index contributed by atoms with van der Waals surface area (Å²) in [5.41, 5.74) is 0.505. The number of methoxy groups -OCH3 is 1. The molecule has 0 heterocycles. The van der Waals surface area contributed by atoms with Crippen molar-refractivity contribution in [2.24, 2.45) is 0 Å². The first-order chi connectivity index (χ1) is 8.75. The second kappa shape index (κ2) is 6.25. The van der Waals surface area contributed by atoms with Gasteiger partial charge < -0.3 is 4.74 Å². The number of ether oxygens (including phenoxy) is 1. The molecule has 2 atom stereocenters. The van der Waals surface area contributed by atoms with Crippen LogP contribution in [-0.2, 0) is 20.5 Å². The number of rotatable bonds is 4. The Balaban J connectivity index is 2.99. The van der Waals surface area contributed by atoms with Gasteiger partial charge in [-0.25, -0.2) is 18.1 Å². The van der Waals surface area contributed by atoms with Gasteiger partial charge in [-0.15, -0.1) is 0 Å². The molecule has 0 aliphatic rings. The van der Waals surface area contributed by atoms with Gasteiger partial charge in [-0.1, -0.05) is 12.1 Å².